The second-order valence-electron chi connectivity index (χ2n) is 3.90. The maximum Gasteiger partial charge on any atom is 0.159 e. The quantitative estimate of drug-likeness (QED) is 0.762. The summed E-state index contributed by atoms with van der Waals surface area (Å²) in [6.07, 6.45) is 2.87. The highest BCUT2D eigenvalue weighted by Gasteiger charge is 2.22. The summed E-state index contributed by atoms with van der Waals surface area (Å²) in [6.45, 7) is 1.54. The van der Waals surface area contributed by atoms with Crippen molar-refractivity contribution < 1.29 is 9.47 Å². The molecule has 1 unspecified atom stereocenters. The molecule has 1 saturated heterocycles. The van der Waals surface area contributed by atoms with E-state index in [1.54, 1.807) is 11.6 Å². The van der Waals surface area contributed by atoms with Gasteiger partial charge in [-0.15, -0.1) is 0 Å². The van der Waals surface area contributed by atoms with E-state index in [-0.39, 0.29) is 0 Å². The van der Waals surface area contributed by atoms with Crippen LogP contribution in [0.5, 0.6) is 5.75 Å². The monoisotopic (exact) mass is 219 g/mol. The zero-order chi connectivity index (χ0) is 11.0. The molecule has 1 aliphatic heterocycles. The molecule has 5 heteroatoms. The van der Waals surface area contributed by atoms with E-state index in [0.29, 0.717) is 5.92 Å². The van der Waals surface area contributed by atoms with Crippen LogP contribution in [0.1, 0.15) is 18.2 Å². The van der Waals surface area contributed by atoms with Crippen molar-refractivity contribution in [2.75, 3.05) is 20.3 Å². The van der Waals surface area contributed by atoms with E-state index < -0.39 is 0 Å². The molecule has 2 aromatic rings. The summed E-state index contributed by atoms with van der Waals surface area (Å²) in [7, 11) is 1.65. The lowest BCUT2D eigenvalue weighted by atomic mass is 10.1. The highest BCUT2D eigenvalue weighted by atomic mass is 16.5. The molecule has 0 N–H and O–H groups in total. The molecule has 16 heavy (non-hydrogen) atoms. The van der Waals surface area contributed by atoms with Gasteiger partial charge in [0.25, 0.3) is 0 Å². The Kier molecular flexibility index (Phi) is 2.25. The van der Waals surface area contributed by atoms with Crippen LogP contribution in [-0.4, -0.2) is 34.9 Å². The van der Waals surface area contributed by atoms with Gasteiger partial charge in [-0.3, -0.25) is 0 Å². The van der Waals surface area contributed by atoms with Crippen molar-refractivity contribution in [1.82, 2.24) is 14.6 Å². The van der Waals surface area contributed by atoms with Crippen LogP contribution in [0.4, 0.5) is 0 Å². The second-order valence-corrected chi connectivity index (χ2v) is 3.90. The zero-order valence-electron chi connectivity index (χ0n) is 9.09. The lowest BCUT2D eigenvalue weighted by Crippen LogP contribution is -2.00. The van der Waals surface area contributed by atoms with Gasteiger partial charge in [0, 0.05) is 24.8 Å². The Bertz CT molecular complexity index is 503. The summed E-state index contributed by atoms with van der Waals surface area (Å²) in [5, 5.41) is 4.44. The summed E-state index contributed by atoms with van der Waals surface area (Å²) >= 11 is 0. The van der Waals surface area contributed by atoms with Gasteiger partial charge in [0.1, 0.15) is 5.75 Å². The fourth-order valence-corrected chi connectivity index (χ4v) is 1.92. The molecule has 3 heterocycles. The van der Waals surface area contributed by atoms with E-state index in [1.807, 2.05) is 18.3 Å². The van der Waals surface area contributed by atoms with Crippen LogP contribution >= 0.6 is 0 Å². The third kappa shape index (κ3) is 1.53. The van der Waals surface area contributed by atoms with Crippen molar-refractivity contribution in [1.29, 1.82) is 0 Å². The van der Waals surface area contributed by atoms with Crippen molar-refractivity contribution in [2.24, 2.45) is 0 Å². The Morgan fingerprint density at radius 3 is 3.25 bits per heavy atom. The zero-order valence-corrected chi connectivity index (χ0v) is 9.09. The Hall–Kier alpha value is -1.62. The molecule has 1 atom stereocenters. The van der Waals surface area contributed by atoms with Crippen LogP contribution in [0, 0.1) is 0 Å². The maximum absolute atomic E-state index is 5.34. The molecular weight excluding hydrogens is 206 g/mol. The number of fused-ring (bicyclic) bond motifs is 1. The van der Waals surface area contributed by atoms with Gasteiger partial charge < -0.3 is 9.47 Å². The van der Waals surface area contributed by atoms with E-state index in [1.165, 1.54) is 0 Å². The smallest absolute Gasteiger partial charge is 0.159 e. The highest BCUT2D eigenvalue weighted by Crippen LogP contribution is 2.23. The van der Waals surface area contributed by atoms with Crippen molar-refractivity contribution in [3.63, 3.8) is 0 Å². The second kappa shape index (κ2) is 3.75. The van der Waals surface area contributed by atoms with Gasteiger partial charge in [0.15, 0.2) is 11.5 Å². The van der Waals surface area contributed by atoms with Crippen molar-refractivity contribution >= 4 is 5.65 Å². The van der Waals surface area contributed by atoms with Gasteiger partial charge in [-0.1, -0.05) is 0 Å². The normalized spacial score (nSPS) is 20.4. The summed E-state index contributed by atoms with van der Waals surface area (Å²) in [4.78, 5) is 4.50. The molecule has 0 amide bonds. The number of pyridine rings is 1. The molecule has 1 aliphatic rings. The number of rotatable bonds is 2. The molecular formula is C11H13N3O2. The molecule has 3 rings (SSSR count). The van der Waals surface area contributed by atoms with Crippen molar-refractivity contribution in [3.05, 3.63) is 24.2 Å². The Balaban J connectivity index is 2.01. The average Bonchev–Trinajstić information content (AvgIpc) is 2.96. The van der Waals surface area contributed by atoms with Crippen molar-refractivity contribution in [3.8, 4) is 5.75 Å². The van der Waals surface area contributed by atoms with Gasteiger partial charge in [0.05, 0.1) is 13.7 Å². The number of ether oxygens (including phenoxy) is 2. The van der Waals surface area contributed by atoms with Gasteiger partial charge in [-0.05, 0) is 12.5 Å². The third-order valence-corrected chi connectivity index (χ3v) is 2.86. The molecule has 0 aliphatic carbocycles. The largest absolute Gasteiger partial charge is 0.497 e. The predicted molar refractivity (Wildman–Crippen MR) is 57.7 cm³/mol. The molecule has 0 bridgehead atoms. The Morgan fingerprint density at radius 1 is 1.56 bits per heavy atom. The first-order valence-corrected chi connectivity index (χ1v) is 5.35. The lowest BCUT2D eigenvalue weighted by molar-refractivity contribution is 0.193. The minimum atomic E-state index is 0.339. The van der Waals surface area contributed by atoms with Gasteiger partial charge in [0.2, 0.25) is 0 Å². The first kappa shape index (κ1) is 9.59. The highest BCUT2D eigenvalue weighted by molar-refractivity contribution is 5.43. The molecule has 0 spiro atoms. The van der Waals surface area contributed by atoms with Crippen LogP contribution in [-0.2, 0) is 4.74 Å². The third-order valence-electron chi connectivity index (χ3n) is 2.86. The summed E-state index contributed by atoms with van der Waals surface area (Å²) in [5.41, 5.74) is 0.821. The molecule has 0 radical (unpaired) electrons. The Morgan fingerprint density at radius 2 is 2.50 bits per heavy atom. The fraction of sp³-hybridized carbons (Fsp3) is 0.455. The molecule has 5 nitrogen and oxygen atoms in total. The first-order chi connectivity index (χ1) is 7.86. The van der Waals surface area contributed by atoms with E-state index in [9.17, 15) is 0 Å². The van der Waals surface area contributed by atoms with E-state index in [2.05, 4.69) is 10.1 Å². The Labute approximate surface area is 93.0 Å². The molecule has 1 fully saturated rings. The lowest BCUT2D eigenvalue weighted by Gasteiger charge is -1.98. The fourth-order valence-electron chi connectivity index (χ4n) is 1.92. The number of hydrogen-bond acceptors (Lipinski definition) is 4. The standard InChI is InChI=1S/C11H13N3O2/c1-15-9-2-4-14-10(6-9)12-11(13-14)8-3-5-16-7-8/h2,4,6,8H,3,5,7H2,1H3. The minimum Gasteiger partial charge on any atom is -0.497 e. The SMILES string of the molecule is COc1ccn2nc(C3CCOC3)nc2c1. The topological polar surface area (TPSA) is 48.7 Å². The maximum atomic E-state index is 5.34. The molecule has 2 aromatic heterocycles. The number of aromatic nitrogens is 3. The summed E-state index contributed by atoms with van der Waals surface area (Å²) in [6, 6.07) is 3.75. The van der Waals surface area contributed by atoms with Crippen LogP contribution in [0.15, 0.2) is 18.3 Å². The van der Waals surface area contributed by atoms with E-state index in [4.69, 9.17) is 9.47 Å². The van der Waals surface area contributed by atoms with Crippen LogP contribution in [0.3, 0.4) is 0 Å². The van der Waals surface area contributed by atoms with E-state index in [0.717, 1.165) is 36.9 Å². The van der Waals surface area contributed by atoms with Crippen molar-refractivity contribution in [2.45, 2.75) is 12.3 Å². The summed E-state index contributed by atoms with van der Waals surface area (Å²) < 4.78 is 12.3. The number of hydrogen-bond donors (Lipinski definition) is 0. The first-order valence-electron chi connectivity index (χ1n) is 5.35. The van der Waals surface area contributed by atoms with Crippen LogP contribution < -0.4 is 4.74 Å². The molecule has 0 saturated carbocycles. The van der Waals surface area contributed by atoms with Crippen LogP contribution in [0.25, 0.3) is 5.65 Å². The van der Waals surface area contributed by atoms with Crippen LogP contribution in [0.2, 0.25) is 0 Å². The molecule has 0 aromatic carbocycles. The van der Waals surface area contributed by atoms with Gasteiger partial charge in [-0.25, -0.2) is 9.50 Å². The summed E-state index contributed by atoms with van der Waals surface area (Å²) in [5.74, 6) is 2.01. The molecule has 84 valence electrons. The average molecular weight is 219 g/mol. The number of nitrogens with zero attached hydrogens (tertiary/aromatic N) is 3. The predicted octanol–water partition coefficient (Wildman–Crippen LogP) is 1.24. The number of methoxy groups -OCH3 is 1. The van der Waals surface area contributed by atoms with E-state index >= 15 is 0 Å². The van der Waals surface area contributed by atoms with Gasteiger partial charge in [-0.2, -0.15) is 5.10 Å². The van der Waals surface area contributed by atoms with Gasteiger partial charge >= 0.3 is 0 Å². The minimum absolute atomic E-state index is 0.339.